The molecule has 1 heterocycles. The van der Waals surface area contributed by atoms with Crippen molar-refractivity contribution in [2.24, 2.45) is 11.1 Å². The van der Waals surface area contributed by atoms with Gasteiger partial charge in [-0.1, -0.05) is 32.9 Å². The van der Waals surface area contributed by atoms with Crippen LogP contribution in [-0.4, -0.2) is 66.9 Å². The Hall–Kier alpha value is -1.41. The standard InChI is InChI=1S/C19H29FN4O2.2ClH/c1-19(2,3)16(21)18(26)24-12-10-23(11-13-24)9-8-22-17(25)14-6-4-5-7-15(14)20;;/h4-7,16H,8-13,21H2,1-3H3,(H,22,25);2*1H/t16-;;/m1../s1. The highest BCUT2D eigenvalue weighted by atomic mass is 35.5. The average Bonchev–Trinajstić information content (AvgIpc) is 2.60. The van der Waals surface area contributed by atoms with Gasteiger partial charge in [-0.3, -0.25) is 14.5 Å². The molecule has 9 heteroatoms. The Kier molecular flexibility index (Phi) is 11.0. The maximum atomic E-state index is 13.6. The third-order valence-corrected chi connectivity index (χ3v) is 4.72. The molecule has 1 aromatic carbocycles. The molecule has 0 aliphatic carbocycles. The monoisotopic (exact) mass is 436 g/mol. The number of nitrogens with zero attached hydrogens (tertiary/aromatic N) is 2. The van der Waals surface area contributed by atoms with E-state index in [4.69, 9.17) is 5.73 Å². The van der Waals surface area contributed by atoms with Crippen LogP contribution in [0.5, 0.6) is 0 Å². The summed E-state index contributed by atoms with van der Waals surface area (Å²) in [6.45, 7) is 9.71. The summed E-state index contributed by atoms with van der Waals surface area (Å²) < 4.78 is 13.6. The van der Waals surface area contributed by atoms with E-state index >= 15 is 0 Å². The van der Waals surface area contributed by atoms with Gasteiger partial charge in [0.25, 0.3) is 5.91 Å². The van der Waals surface area contributed by atoms with Crippen LogP contribution in [0.2, 0.25) is 0 Å². The van der Waals surface area contributed by atoms with Crippen molar-refractivity contribution in [3.05, 3.63) is 35.6 Å². The van der Waals surface area contributed by atoms with Gasteiger partial charge in [-0.15, -0.1) is 24.8 Å². The third-order valence-electron chi connectivity index (χ3n) is 4.72. The first kappa shape index (κ1) is 26.6. The van der Waals surface area contributed by atoms with Crippen molar-refractivity contribution in [3.63, 3.8) is 0 Å². The van der Waals surface area contributed by atoms with E-state index in [-0.39, 0.29) is 41.7 Å². The lowest BCUT2D eigenvalue weighted by Crippen LogP contribution is -2.56. The molecule has 0 unspecified atom stereocenters. The summed E-state index contributed by atoms with van der Waals surface area (Å²) in [6.07, 6.45) is 0. The molecule has 3 N–H and O–H groups in total. The molecule has 0 aromatic heterocycles. The second-order valence-corrected chi connectivity index (χ2v) is 7.75. The zero-order chi connectivity index (χ0) is 19.3. The predicted octanol–water partition coefficient (Wildman–Crippen LogP) is 1.92. The van der Waals surface area contributed by atoms with E-state index in [1.54, 1.807) is 12.1 Å². The van der Waals surface area contributed by atoms with Crippen molar-refractivity contribution in [2.45, 2.75) is 26.8 Å². The lowest BCUT2D eigenvalue weighted by molar-refractivity contribution is -0.136. The second kappa shape index (κ2) is 11.6. The van der Waals surface area contributed by atoms with Crippen molar-refractivity contribution >= 4 is 36.6 Å². The second-order valence-electron chi connectivity index (χ2n) is 7.75. The molecule has 0 bridgehead atoms. The van der Waals surface area contributed by atoms with E-state index in [1.807, 2.05) is 25.7 Å². The number of nitrogens with one attached hydrogen (secondary N) is 1. The third kappa shape index (κ3) is 7.20. The molecule has 1 fully saturated rings. The van der Waals surface area contributed by atoms with Gasteiger partial charge in [0.1, 0.15) is 5.82 Å². The topological polar surface area (TPSA) is 78.7 Å². The number of rotatable bonds is 5. The number of piperazine rings is 1. The highest BCUT2D eigenvalue weighted by molar-refractivity contribution is 5.94. The molecular formula is C19H31Cl2FN4O2. The first-order valence-electron chi connectivity index (χ1n) is 8.99. The Balaban J connectivity index is 0.00000364. The first-order valence-corrected chi connectivity index (χ1v) is 8.99. The van der Waals surface area contributed by atoms with Gasteiger partial charge < -0.3 is 16.0 Å². The van der Waals surface area contributed by atoms with E-state index in [0.717, 1.165) is 13.1 Å². The van der Waals surface area contributed by atoms with Crippen LogP contribution in [0.1, 0.15) is 31.1 Å². The van der Waals surface area contributed by atoms with Crippen molar-refractivity contribution in [3.8, 4) is 0 Å². The summed E-state index contributed by atoms with van der Waals surface area (Å²) in [7, 11) is 0. The summed E-state index contributed by atoms with van der Waals surface area (Å²) in [5.74, 6) is -0.939. The van der Waals surface area contributed by atoms with Gasteiger partial charge in [-0.25, -0.2) is 4.39 Å². The summed E-state index contributed by atoms with van der Waals surface area (Å²) in [4.78, 5) is 28.4. The van der Waals surface area contributed by atoms with Gasteiger partial charge in [0.05, 0.1) is 11.6 Å². The van der Waals surface area contributed by atoms with Gasteiger partial charge in [0.15, 0.2) is 0 Å². The molecule has 2 rings (SSSR count). The number of carbonyl (C=O) groups is 2. The predicted molar refractivity (Wildman–Crippen MR) is 114 cm³/mol. The van der Waals surface area contributed by atoms with Gasteiger partial charge in [-0.2, -0.15) is 0 Å². The summed E-state index contributed by atoms with van der Waals surface area (Å²) in [5, 5.41) is 2.74. The van der Waals surface area contributed by atoms with Crippen LogP contribution in [0.25, 0.3) is 0 Å². The Bertz CT molecular complexity index is 647. The van der Waals surface area contributed by atoms with Crippen LogP contribution in [0.15, 0.2) is 24.3 Å². The highest BCUT2D eigenvalue weighted by Crippen LogP contribution is 2.19. The molecule has 1 aliphatic rings. The molecule has 1 atom stereocenters. The summed E-state index contributed by atoms with van der Waals surface area (Å²) in [6, 6.07) is 5.42. The molecule has 0 saturated carbocycles. The Morgan fingerprint density at radius 1 is 1.14 bits per heavy atom. The fourth-order valence-electron chi connectivity index (χ4n) is 2.83. The first-order chi connectivity index (χ1) is 12.2. The molecule has 0 spiro atoms. The lowest BCUT2D eigenvalue weighted by Gasteiger charge is -2.38. The molecule has 2 amide bonds. The zero-order valence-electron chi connectivity index (χ0n) is 16.6. The van der Waals surface area contributed by atoms with E-state index in [9.17, 15) is 14.0 Å². The number of hydrogen-bond acceptors (Lipinski definition) is 4. The molecule has 1 aromatic rings. The maximum absolute atomic E-state index is 13.6. The highest BCUT2D eigenvalue weighted by Gasteiger charge is 2.32. The fourth-order valence-corrected chi connectivity index (χ4v) is 2.83. The van der Waals surface area contributed by atoms with Gasteiger partial charge in [0.2, 0.25) is 5.91 Å². The minimum atomic E-state index is -0.521. The van der Waals surface area contributed by atoms with E-state index < -0.39 is 17.8 Å². The minimum absolute atomic E-state index is 0. The number of hydrogen-bond donors (Lipinski definition) is 2. The molecule has 6 nitrogen and oxygen atoms in total. The normalized spacial score (nSPS) is 15.8. The number of carbonyl (C=O) groups excluding carboxylic acids is 2. The van der Waals surface area contributed by atoms with E-state index in [2.05, 4.69) is 10.2 Å². The molecule has 1 saturated heterocycles. The van der Waals surface area contributed by atoms with Crippen LogP contribution in [0.3, 0.4) is 0 Å². The smallest absolute Gasteiger partial charge is 0.254 e. The molecule has 1 aliphatic heterocycles. The van der Waals surface area contributed by atoms with Crippen molar-refractivity contribution in [1.82, 2.24) is 15.1 Å². The Labute approximate surface area is 178 Å². The SMILES string of the molecule is CC(C)(C)[C@H](N)C(=O)N1CCN(CCNC(=O)c2ccccc2F)CC1.Cl.Cl. The van der Waals surface area contributed by atoms with E-state index in [0.29, 0.717) is 26.2 Å². The Morgan fingerprint density at radius 2 is 1.71 bits per heavy atom. The van der Waals surface area contributed by atoms with Crippen LogP contribution in [-0.2, 0) is 4.79 Å². The quantitative estimate of drug-likeness (QED) is 0.738. The van der Waals surface area contributed by atoms with Crippen molar-refractivity contribution < 1.29 is 14.0 Å². The fraction of sp³-hybridized carbons (Fsp3) is 0.579. The molecular weight excluding hydrogens is 406 g/mol. The van der Waals surface area contributed by atoms with Crippen molar-refractivity contribution in [2.75, 3.05) is 39.3 Å². The average molecular weight is 437 g/mol. The van der Waals surface area contributed by atoms with E-state index in [1.165, 1.54) is 12.1 Å². The number of nitrogens with two attached hydrogens (primary N) is 1. The number of halogens is 3. The molecule has 0 radical (unpaired) electrons. The van der Waals surface area contributed by atoms with Gasteiger partial charge >= 0.3 is 0 Å². The van der Waals surface area contributed by atoms with Crippen LogP contribution < -0.4 is 11.1 Å². The largest absolute Gasteiger partial charge is 0.351 e. The zero-order valence-corrected chi connectivity index (χ0v) is 18.2. The Morgan fingerprint density at radius 3 is 2.25 bits per heavy atom. The molecule has 28 heavy (non-hydrogen) atoms. The number of amides is 2. The summed E-state index contributed by atoms with van der Waals surface area (Å²) >= 11 is 0. The maximum Gasteiger partial charge on any atom is 0.254 e. The van der Waals surface area contributed by atoms with Gasteiger partial charge in [-0.05, 0) is 17.5 Å². The van der Waals surface area contributed by atoms with Crippen LogP contribution in [0.4, 0.5) is 4.39 Å². The number of benzene rings is 1. The minimum Gasteiger partial charge on any atom is -0.351 e. The summed E-state index contributed by atoms with van der Waals surface area (Å²) in [5.41, 5.74) is 5.85. The molecule has 160 valence electrons. The lowest BCUT2D eigenvalue weighted by atomic mass is 9.86. The van der Waals surface area contributed by atoms with Crippen LogP contribution >= 0.6 is 24.8 Å². The van der Waals surface area contributed by atoms with Gasteiger partial charge in [0, 0.05) is 39.3 Å². The van der Waals surface area contributed by atoms with Crippen LogP contribution in [0, 0.1) is 11.2 Å². The van der Waals surface area contributed by atoms with Crippen molar-refractivity contribution in [1.29, 1.82) is 0 Å².